The Balaban J connectivity index is 1.77. The zero-order chi connectivity index (χ0) is 12.4. The average molecular weight is 266 g/mol. The second-order valence-corrected chi connectivity index (χ2v) is 5.18. The molecule has 1 atom stereocenters. The fraction of sp³-hybridized carbons (Fsp3) is 0.545. The lowest BCUT2D eigenvalue weighted by atomic mass is 10.2. The molecule has 0 radical (unpaired) electrons. The number of nitrogens with zero attached hydrogens (tertiary/aromatic N) is 4. The average Bonchev–Trinajstić information content (AvgIpc) is 3.02. The van der Waals surface area contributed by atoms with Crippen molar-refractivity contribution >= 4 is 11.3 Å². The van der Waals surface area contributed by atoms with Crippen molar-refractivity contribution in [2.75, 3.05) is 19.8 Å². The molecule has 0 spiro atoms. The van der Waals surface area contributed by atoms with Crippen molar-refractivity contribution < 1.29 is 9.26 Å². The van der Waals surface area contributed by atoms with Crippen molar-refractivity contribution in [2.24, 2.45) is 0 Å². The van der Waals surface area contributed by atoms with E-state index in [4.69, 9.17) is 9.26 Å². The van der Waals surface area contributed by atoms with E-state index < -0.39 is 0 Å². The molecule has 0 saturated carbocycles. The van der Waals surface area contributed by atoms with Gasteiger partial charge in [-0.15, -0.1) is 11.3 Å². The van der Waals surface area contributed by atoms with Crippen molar-refractivity contribution in [3.63, 3.8) is 0 Å². The summed E-state index contributed by atoms with van der Waals surface area (Å²) in [4.78, 5) is 11.9. The highest BCUT2D eigenvalue weighted by molar-refractivity contribution is 7.09. The molecule has 2 aromatic rings. The minimum atomic E-state index is 0.0436. The summed E-state index contributed by atoms with van der Waals surface area (Å²) in [5.74, 6) is 1.30. The summed E-state index contributed by atoms with van der Waals surface area (Å²) in [6.45, 7) is 4.87. The number of hydrogen-bond donors (Lipinski definition) is 0. The molecule has 6 nitrogen and oxygen atoms in total. The first-order chi connectivity index (χ1) is 8.83. The molecular formula is C11H14N4O2S. The Labute approximate surface area is 109 Å². The molecule has 7 heteroatoms. The van der Waals surface area contributed by atoms with E-state index in [0.717, 1.165) is 19.7 Å². The van der Waals surface area contributed by atoms with Crippen molar-refractivity contribution in [2.45, 2.75) is 19.5 Å². The SMILES string of the molecule is Cc1noc([C@H]2COCCN2Cc2cncs2)n1. The molecule has 0 aromatic carbocycles. The molecule has 18 heavy (non-hydrogen) atoms. The van der Waals surface area contributed by atoms with Crippen LogP contribution in [0, 0.1) is 6.92 Å². The first-order valence-corrected chi connectivity index (χ1v) is 6.70. The van der Waals surface area contributed by atoms with Crippen LogP contribution in [0.1, 0.15) is 22.6 Å². The Morgan fingerprint density at radius 3 is 3.22 bits per heavy atom. The maximum Gasteiger partial charge on any atom is 0.246 e. The van der Waals surface area contributed by atoms with Crippen LogP contribution < -0.4 is 0 Å². The van der Waals surface area contributed by atoms with Gasteiger partial charge in [-0.25, -0.2) is 0 Å². The predicted octanol–water partition coefficient (Wildman–Crippen LogP) is 1.41. The highest BCUT2D eigenvalue weighted by Gasteiger charge is 2.29. The van der Waals surface area contributed by atoms with E-state index in [2.05, 4.69) is 20.0 Å². The third-order valence-corrected chi connectivity index (χ3v) is 3.67. The molecular weight excluding hydrogens is 252 g/mol. The van der Waals surface area contributed by atoms with Gasteiger partial charge in [-0.1, -0.05) is 5.16 Å². The largest absolute Gasteiger partial charge is 0.378 e. The molecule has 3 rings (SSSR count). The Bertz CT molecular complexity index is 499. The molecule has 0 unspecified atom stereocenters. The maximum absolute atomic E-state index is 5.51. The van der Waals surface area contributed by atoms with Crippen LogP contribution in [0.4, 0.5) is 0 Å². The number of rotatable bonds is 3. The number of aromatic nitrogens is 3. The minimum absolute atomic E-state index is 0.0436. The van der Waals surface area contributed by atoms with Gasteiger partial charge in [0, 0.05) is 24.2 Å². The summed E-state index contributed by atoms with van der Waals surface area (Å²) in [5.41, 5.74) is 1.85. The lowest BCUT2D eigenvalue weighted by Crippen LogP contribution is -2.39. The molecule has 96 valence electrons. The third-order valence-electron chi connectivity index (χ3n) is 2.91. The predicted molar refractivity (Wildman–Crippen MR) is 65.1 cm³/mol. The van der Waals surface area contributed by atoms with E-state index >= 15 is 0 Å². The number of ether oxygens (including phenoxy) is 1. The van der Waals surface area contributed by atoms with Gasteiger partial charge in [-0.3, -0.25) is 9.88 Å². The standard InChI is InChI=1S/C11H14N4O2S/c1-8-13-11(17-14-8)10-6-16-3-2-15(10)5-9-4-12-7-18-9/h4,7,10H,2-3,5-6H2,1H3/t10-/m1/s1. The number of morpholine rings is 1. The van der Waals surface area contributed by atoms with Gasteiger partial charge >= 0.3 is 0 Å². The van der Waals surface area contributed by atoms with Gasteiger partial charge in [-0.2, -0.15) is 4.98 Å². The Hall–Kier alpha value is -1.31. The van der Waals surface area contributed by atoms with Crippen LogP contribution in [-0.2, 0) is 11.3 Å². The highest BCUT2D eigenvalue weighted by atomic mass is 32.1. The molecule has 1 saturated heterocycles. The monoisotopic (exact) mass is 266 g/mol. The van der Waals surface area contributed by atoms with E-state index in [0.29, 0.717) is 18.3 Å². The van der Waals surface area contributed by atoms with Crippen LogP contribution in [0.2, 0.25) is 0 Å². The molecule has 0 aliphatic carbocycles. The molecule has 0 amide bonds. The quantitative estimate of drug-likeness (QED) is 0.837. The summed E-state index contributed by atoms with van der Waals surface area (Å²) in [6, 6.07) is 0.0436. The second-order valence-electron chi connectivity index (χ2n) is 4.21. The summed E-state index contributed by atoms with van der Waals surface area (Å²) < 4.78 is 10.8. The normalized spacial score (nSPS) is 21.3. The molecule has 3 heterocycles. The third kappa shape index (κ3) is 2.43. The van der Waals surface area contributed by atoms with Gasteiger partial charge in [0.1, 0.15) is 6.04 Å². The topological polar surface area (TPSA) is 64.3 Å². The van der Waals surface area contributed by atoms with Crippen LogP contribution in [0.3, 0.4) is 0 Å². The van der Waals surface area contributed by atoms with Crippen LogP contribution in [0.15, 0.2) is 16.2 Å². The molecule has 1 aliphatic heterocycles. The van der Waals surface area contributed by atoms with Crippen LogP contribution in [0.25, 0.3) is 0 Å². The van der Waals surface area contributed by atoms with Gasteiger partial charge in [0.2, 0.25) is 5.89 Å². The summed E-state index contributed by atoms with van der Waals surface area (Å²) in [5, 5.41) is 3.85. The van der Waals surface area contributed by atoms with Gasteiger partial charge in [0.05, 0.1) is 18.7 Å². The molecule has 1 fully saturated rings. The summed E-state index contributed by atoms with van der Waals surface area (Å²) >= 11 is 1.66. The Kier molecular flexibility index (Phi) is 3.35. The van der Waals surface area contributed by atoms with Crippen molar-refractivity contribution in [3.05, 3.63) is 28.3 Å². The molecule has 2 aromatic heterocycles. The first-order valence-electron chi connectivity index (χ1n) is 5.82. The summed E-state index contributed by atoms with van der Waals surface area (Å²) in [6.07, 6.45) is 1.90. The van der Waals surface area contributed by atoms with E-state index in [-0.39, 0.29) is 6.04 Å². The van der Waals surface area contributed by atoms with E-state index in [9.17, 15) is 0 Å². The first kappa shape index (κ1) is 11.8. The maximum atomic E-state index is 5.51. The van der Waals surface area contributed by atoms with Crippen molar-refractivity contribution in [3.8, 4) is 0 Å². The van der Waals surface area contributed by atoms with E-state index in [1.165, 1.54) is 4.88 Å². The number of hydrogen-bond acceptors (Lipinski definition) is 7. The lowest BCUT2D eigenvalue weighted by molar-refractivity contribution is -0.0236. The molecule has 0 N–H and O–H groups in total. The minimum Gasteiger partial charge on any atom is -0.378 e. The van der Waals surface area contributed by atoms with Gasteiger partial charge in [0.25, 0.3) is 0 Å². The second kappa shape index (κ2) is 5.13. The zero-order valence-electron chi connectivity index (χ0n) is 10.1. The van der Waals surface area contributed by atoms with Crippen LogP contribution >= 0.6 is 11.3 Å². The van der Waals surface area contributed by atoms with Gasteiger partial charge in [-0.05, 0) is 6.92 Å². The van der Waals surface area contributed by atoms with Gasteiger partial charge < -0.3 is 9.26 Å². The Morgan fingerprint density at radius 1 is 1.56 bits per heavy atom. The van der Waals surface area contributed by atoms with Crippen molar-refractivity contribution in [1.82, 2.24) is 20.0 Å². The highest BCUT2D eigenvalue weighted by Crippen LogP contribution is 2.25. The fourth-order valence-electron chi connectivity index (χ4n) is 2.02. The van der Waals surface area contributed by atoms with Crippen LogP contribution in [0.5, 0.6) is 0 Å². The smallest absolute Gasteiger partial charge is 0.246 e. The summed E-state index contributed by atoms with van der Waals surface area (Å²) in [7, 11) is 0. The molecule has 0 bridgehead atoms. The van der Waals surface area contributed by atoms with E-state index in [1.54, 1.807) is 11.3 Å². The molecule has 1 aliphatic rings. The fourth-order valence-corrected chi connectivity index (χ4v) is 2.64. The van der Waals surface area contributed by atoms with Gasteiger partial charge in [0.15, 0.2) is 5.82 Å². The Morgan fingerprint density at radius 2 is 2.50 bits per heavy atom. The zero-order valence-corrected chi connectivity index (χ0v) is 10.9. The number of thiazole rings is 1. The number of aryl methyl sites for hydroxylation is 1. The lowest BCUT2D eigenvalue weighted by Gasteiger charge is -2.32. The van der Waals surface area contributed by atoms with Crippen molar-refractivity contribution in [1.29, 1.82) is 0 Å². The van der Waals surface area contributed by atoms with Crippen LogP contribution in [-0.4, -0.2) is 39.8 Å². The van der Waals surface area contributed by atoms with E-state index in [1.807, 2.05) is 18.6 Å².